The average molecular weight is 563 g/mol. The summed E-state index contributed by atoms with van der Waals surface area (Å²) in [5.74, 6) is -0.318. The van der Waals surface area contributed by atoms with Gasteiger partial charge in [-0.2, -0.15) is 5.01 Å². The fraction of sp³-hybridized carbons (Fsp3) is 0.273. The summed E-state index contributed by atoms with van der Waals surface area (Å²) in [7, 11) is 0. The minimum atomic E-state index is -0.791. The van der Waals surface area contributed by atoms with Gasteiger partial charge in [0, 0.05) is 31.2 Å². The van der Waals surface area contributed by atoms with Gasteiger partial charge in [0.2, 0.25) is 5.91 Å². The van der Waals surface area contributed by atoms with Gasteiger partial charge in [-0.15, -0.1) is 0 Å². The van der Waals surface area contributed by atoms with E-state index in [2.05, 4.69) is 10.3 Å². The van der Waals surface area contributed by atoms with Crippen molar-refractivity contribution in [2.24, 2.45) is 0 Å². The lowest BCUT2D eigenvalue weighted by Crippen LogP contribution is -2.62. The molecule has 2 fully saturated rings. The highest BCUT2D eigenvalue weighted by molar-refractivity contribution is 5.92. The minimum absolute atomic E-state index is 0.0176. The Morgan fingerprint density at radius 2 is 1.69 bits per heavy atom. The summed E-state index contributed by atoms with van der Waals surface area (Å²) in [6, 6.07) is 28.0. The maximum Gasteiger partial charge on any atom is 0.332 e. The molecule has 2 aliphatic heterocycles. The lowest BCUT2D eigenvalue weighted by Gasteiger charge is -2.46. The van der Waals surface area contributed by atoms with Crippen LogP contribution in [0, 0.1) is 0 Å². The van der Waals surface area contributed by atoms with E-state index in [0.29, 0.717) is 26.1 Å². The number of hydrogen-bond acceptors (Lipinski definition) is 5. The Morgan fingerprint density at radius 3 is 2.45 bits per heavy atom. The minimum Gasteiger partial charge on any atom is -0.333 e. The zero-order chi connectivity index (χ0) is 29.1. The van der Waals surface area contributed by atoms with Crippen LogP contribution in [0.25, 0.3) is 10.9 Å². The SMILES string of the molecule is CCCN(C(=O)NCc1ccccc1)N1CC(=O)N2[C@@H](c3ccccc3)C(=O)N(Cc3cccc4cccnc34)C[C@@H]21. The average Bonchev–Trinajstić information content (AvgIpc) is 3.35. The van der Waals surface area contributed by atoms with E-state index < -0.39 is 12.2 Å². The molecule has 0 saturated carbocycles. The van der Waals surface area contributed by atoms with Crippen LogP contribution in [-0.4, -0.2) is 68.4 Å². The highest BCUT2D eigenvalue weighted by Gasteiger charge is 2.52. The lowest BCUT2D eigenvalue weighted by molar-refractivity contribution is -0.158. The van der Waals surface area contributed by atoms with E-state index in [1.807, 2.05) is 103 Å². The Bertz CT molecular complexity index is 1580. The van der Waals surface area contributed by atoms with Crippen LogP contribution in [0.2, 0.25) is 0 Å². The molecule has 0 spiro atoms. The summed E-state index contributed by atoms with van der Waals surface area (Å²) in [5, 5.41) is 7.50. The van der Waals surface area contributed by atoms with Crippen molar-refractivity contribution >= 4 is 28.7 Å². The molecule has 214 valence electrons. The first-order valence-corrected chi connectivity index (χ1v) is 14.4. The number of aromatic nitrogens is 1. The van der Waals surface area contributed by atoms with Gasteiger partial charge in [0.25, 0.3) is 5.91 Å². The predicted octanol–water partition coefficient (Wildman–Crippen LogP) is 4.33. The van der Waals surface area contributed by atoms with E-state index >= 15 is 0 Å². The molecule has 2 aliphatic rings. The van der Waals surface area contributed by atoms with E-state index in [9.17, 15) is 14.4 Å². The summed E-state index contributed by atoms with van der Waals surface area (Å²) in [6.45, 7) is 3.45. The molecule has 0 radical (unpaired) electrons. The van der Waals surface area contributed by atoms with Crippen molar-refractivity contribution in [1.29, 1.82) is 0 Å². The highest BCUT2D eigenvalue weighted by atomic mass is 16.2. The predicted molar refractivity (Wildman–Crippen MR) is 159 cm³/mol. The number of nitrogens with one attached hydrogen (secondary N) is 1. The molecule has 0 bridgehead atoms. The Balaban J connectivity index is 1.33. The summed E-state index contributed by atoms with van der Waals surface area (Å²) in [5.41, 5.74) is 3.52. The Kier molecular flexibility index (Phi) is 7.83. The highest BCUT2D eigenvalue weighted by Crippen LogP contribution is 2.36. The third-order valence-corrected chi connectivity index (χ3v) is 7.92. The van der Waals surface area contributed by atoms with Crippen LogP contribution >= 0.6 is 0 Å². The molecule has 2 saturated heterocycles. The second-order valence-corrected chi connectivity index (χ2v) is 10.7. The van der Waals surface area contributed by atoms with E-state index in [1.54, 1.807) is 21.0 Å². The van der Waals surface area contributed by atoms with Crippen LogP contribution in [0.15, 0.2) is 97.2 Å². The second-order valence-electron chi connectivity index (χ2n) is 10.7. The maximum absolute atomic E-state index is 14.2. The number of hydrogen-bond donors (Lipinski definition) is 1. The van der Waals surface area contributed by atoms with Crippen molar-refractivity contribution in [3.05, 3.63) is 114 Å². The monoisotopic (exact) mass is 562 g/mol. The summed E-state index contributed by atoms with van der Waals surface area (Å²) in [4.78, 5) is 49.4. The van der Waals surface area contributed by atoms with E-state index in [0.717, 1.165) is 27.6 Å². The number of rotatable bonds is 8. The van der Waals surface area contributed by atoms with E-state index in [-0.39, 0.29) is 30.9 Å². The van der Waals surface area contributed by atoms with Crippen LogP contribution in [-0.2, 0) is 22.7 Å². The number of amides is 4. The number of urea groups is 1. The van der Waals surface area contributed by atoms with E-state index in [1.165, 1.54) is 0 Å². The zero-order valence-corrected chi connectivity index (χ0v) is 23.6. The number of carbonyl (C=O) groups excluding carboxylic acids is 3. The standard InChI is InChI=1S/C33H34N6O3/c1-2-19-37(33(42)35-20-24-11-5-3-6-12-24)38-23-29(40)39-28(38)22-36(32(41)31(39)26-13-7-4-8-14-26)21-27-16-9-15-25-17-10-18-34-30(25)27/h3-18,28,31H,2,19-23H2,1H3,(H,35,42)/t28-,31+/m1/s1. The molecule has 3 heterocycles. The van der Waals surface area contributed by atoms with Crippen molar-refractivity contribution in [3.8, 4) is 0 Å². The molecule has 0 aliphatic carbocycles. The molecular formula is C33H34N6O3. The Hall–Kier alpha value is -4.76. The number of pyridine rings is 1. The molecule has 42 heavy (non-hydrogen) atoms. The number of fused-ring (bicyclic) bond motifs is 2. The van der Waals surface area contributed by atoms with Gasteiger partial charge in [-0.25, -0.2) is 4.79 Å². The van der Waals surface area contributed by atoms with Gasteiger partial charge >= 0.3 is 6.03 Å². The fourth-order valence-electron chi connectivity index (χ4n) is 5.96. The third-order valence-electron chi connectivity index (χ3n) is 7.92. The van der Waals surface area contributed by atoms with Crippen molar-refractivity contribution < 1.29 is 14.4 Å². The molecule has 1 N–H and O–H groups in total. The first-order valence-electron chi connectivity index (χ1n) is 14.4. The van der Waals surface area contributed by atoms with Crippen molar-refractivity contribution in [2.45, 2.75) is 38.6 Å². The summed E-state index contributed by atoms with van der Waals surface area (Å²) >= 11 is 0. The van der Waals surface area contributed by atoms with Crippen LogP contribution < -0.4 is 5.32 Å². The molecular weight excluding hydrogens is 528 g/mol. The fourth-order valence-corrected chi connectivity index (χ4v) is 5.96. The van der Waals surface area contributed by atoms with Gasteiger partial charge in [0.15, 0.2) is 0 Å². The van der Waals surface area contributed by atoms with Crippen LogP contribution in [0.4, 0.5) is 4.79 Å². The first kappa shape index (κ1) is 27.4. The number of para-hydroxylation sites is 1. The number of hydrazine groups is 1. The number of nitrogens with zero attached hydrogens (tertiary/aromatic N) is 5. The molecule has 0 unspecified atom stereocenters. The maximum atomic E-state index is 14.2. The van der Waals surface area contributed by atoms with Gasteiger partial charge in [0.05, 0.1) is 18.6 Å². The molecule has 9 heteroatoms. The quantitative estimate of drug-likeness (QED) is 0.346. The molecule has 3 aromatic carbocycles. The lowest BCUT2D eigenvalue weighted by atomic mass is 9.99. The van der Waals surface area contributed by atoms with E-state index in [4.69, 9.17) is 0 Å². The number of benzene rings is 3. The largest absolute Gasteiger partial charge is 0.333 e. The first-order chi connectivity index (χ1) is 20.5. The van der Waals surface area contributed by atoms with Gasteiger partial charge in [-0.05, 0) is 29.2 Å². The third kappa shape index (κ3) is 5.31. The molecule has 1 aromatic heterocycles. The van der Waals surface area contributed by atoms with Crippen molar-refractivity contribution in [2.75, 3.05) is 19.6 Å². The number of piperazine rings is 1. The Labute approximate surface area is 245 Å². The van der Waals surface area contributed by atoms with Gasteiger partial charge in [-0.1, -0.05) is 91.9 Å². The van der Waals surface area contributed by atoms with Crippen molar-refractivity contribution in [1.82, 2.24) is 30.1 Å². The molecule has 4 amide bonds. The zero-order valence-electron chi connectivity index (χ0n) is 23.6. The Morgan fingerprint density at radius 1 is 0.952 bits per heavy atom. The van der Waals surface area contributed by atoms with Crippen molar-refractivity contribution in [3.63, 3.8) is 0 Å². The molecule has 2 atom stereocenters. The number of carbonyl (C=O) groups is 3. The van der Waals surface area contributed by atoms with Gasteiger partial charge in [-0.3, -0.25) is 19.6 Å². The van der Waals surface area contributed by atoms with Crippen LogP contribution in [0.3, 0.4) is 0 Å². The van der Waals surface area contributed by atoms with Gasteiger partial charge in [0.1, 0.15) is 12.2 Å². The van der Waals surface area contributed by atoms with Gasteiger partial charge < -0.3 is 15.1 Å². The second kappa shape index (κ2) is 12.0. The normalized spacial score (nSPS) is 18.8. The van der Waals surface area contributed by atoms with Crippen LogP contribution in [0.5, 0.6) is 0 Å². The topological polar surface area (TPSA) is 89.1 Å². The molecule has 6 rings (SSSR count). The van der Waals surface area contributed by atoms with Crippen LogP contribution in [0.1, 0.15) is 36.1 Å². The molecule has 4 aromatic rings. The summed E-state index contributed by atoms with van der Waals surface area (Å²) < 4.78 is 0. The summed E-state index contributed by atoms with van der Waals surface area (Å²) in [6.07, 6.45) is 1.96. The molecule has 9 nitrogen and oxygen atoms in total. The smallest absolute Gasteiger partial charge is 0.332 e.